The van der Waals surface area contributed by atoms with Crippen LogP contribution in [-0.2, 0) is 19.7 Å². The van der Waals surface area contributed by atoms with Gasteiger partial charge in [0.2, 0.25) is 5.91 Å². The standard InChI is InChI=1S/C15H20BrNO3/c1-19-10-7-17-14(18)15(5-8-20-9-6-15)12-3-2-4-13(16)11-12/h2-4,11H,5-10H2,1H3,(H,17,18). The van der Waals surface area contributed by atoms with E-state index in [1.54, 1.807) is 7.11 Å². The Labute approximate surface area is 128 Å². The first-order chi connectivity index (χ1) is 9.69. The molecular weight excluding hydrogens is 322 g/mol. The fourth-order valence-corrected chi connectivity index (χ4v) is 2.99. The van der Waals surface area contributed by atoms with Crippen LogP contribution < -0.4 is 5.32 Å². The largest absolute Gasteiger partial charge is 0.383 e. The number of nitrogens with one attached hydrogen (secondary N) is 1. The van der Waals surface area contributed by atoms with Crippen LogP contribution in [0.3, 0.4) is 0 Å². The first kappa shape index (κ1) is 15.5. The predicted octanol–water partition coefficient (Wildman–Crippen LogP) is 2.26. The Morgan fingerprint density at radius 1 is 1.45 bits per heavy atom. The number of halogens is 1. The monoisotopic (exact) mass is 341 g/mol. The number of carbonyl (C=O) groups excluding carboxylic acids is 1. The van der Waals surface area contributed by atoms with E-state index in [9.17, 15) is 4.79 Å². The third-order valence-corrected chi connectivity index (χ3v) is 4.24. The summed E-state index contributed by atoms with van der Waals surface area (Å²) in [6.45, 7) is 2.29. The van der Waals surface area contributed by atoms with Gasteiger partial charge in [0, 0.05) is 31.3 Å². The highest BCUT2D eigenvalue weighted by atomic mass is 79.9. The van der Waals surface area contributed by atoms with Gasteiger partial charge in [-0.25, -0.2) is 0 Å². The lowest BCUT2D eigenvalue weighted by Crippen LogP contribution is -2.48. The Kier molecular flexibility index (Phi) is 5.57. The van der Waals surface area contributed by atoms with Crippen molar-refractivity contribution in [2.24, 2.45) is 0 Å². The lowest BCUT2D eigenvalue weighted by Gasteiger charge is -2.36. The van der Waals surface area contributed by atoms with Crippen molar-refractivity contribution in [3.63, 3.8) is 0 Å². The molecule has 1 heterocycles. The van der Waals surface area contributed by atoms with E-state index in [1.165, 1.54) is 0 Å². The van der Waals surface area contributed by atoms with Gasteiger partial charge in [-0.15, -0.1) is 0 Å². The zero-order valence-electron chi connectivity index (χ0n) is 11.7. The van der Waals surface area contributed by atoms with E-state index in [0.717, 1.165) is 10.0 Å². The van der Waals surface area contributed by atoms with Crippen LogP contribution in [0.25, 0.3) is 0 Å². The van der Waals surface area contributed by atoms with E-state index in [2.05, 4.69) is 21.2 Å². The molecule has 0 spiro atoms. The second kappa shape index (κ2) is 7.20. The maximum atomic E-state index is 12.7. The molecule has 1 amide bonds. The van der Waals surface area contributed by atoms with Crippen LogP contribution in [0.5, 0.6) is 0 Å². The van der Waals surface area contributed by atoms with Crippen molar-refractivity contribution in [3.05, 3.63) is 34.3 Å². The third-order valence-electron chi connectivity index (χ3n) is 3.75. The van der Waals surface area contributed by atoms with E-state index >= 15 is 0 Å². The predicted molar refractivity (Wildman–Crippen MR) is 80.8 cm³/mol. The molecule has 1 aromatic carbocycles. The SMILES string of the molecule is COCCNC(=O)C1(c2cccc(Br)c2)CCOCC1. The summed E-state index contributed by atoms with van der Waals surface area (Å²) in [5.74, 6) is 0.0657. The summed E-state index contributed by atoms with van der Waals surface area (Å²) >= 11 is 3.48. The number of methoxy groups -OCH3 is 1. The summed E-state index contributed by atoms with van der Waals surface area (Å²) in [5, 5.41) is 2.98. The van der Waals surface area contributed by atoms with Gasteiger partial charge in [-0.05, 0) is 30.5 Å². The van der Waals surface area contributed by atoms with Gasteiger partial charge in [-0.2, -0.15) is 0 Å². The molecule has 0 aliphatic carbocycles. The highest BCUT2D eigenvalue weighted by Crippen LogP contribution is 2.36. The molecule has 0 atom stereocenters. The molecule has 0 unspecified atom stereocenters. The highest BCUT2D eigenvalue weighted by Gasteiger charge is 2.41. The quantitative estimate of drug-likeness (QED) is 0.835. The number of carbonyl (C=O) groups is 1. The molecule has 110 valence electrons. The fraction of sp³-hybridized carbons (Fsp3) is 0.533. The molecule has 5 heteroatoms. The van der Waals surface area contributed by atoms with Crippen molar-refractivity contribution in [2.75, 3.05) is 33.5 Å². The molecule has 0 saturated carbocycles. The molecule has 0 radical (unpaired) electrons. The minimum absolute atomic E-state index is 0.0657. The van der Waals surface area contributed by atoms with Crippen molar-refractivity contribution in [1.29, 1.82) is 0 Å². The van der Waals surface area contributed by atoms with Gasteiger partial charge >= 0.3 is 0 Å². The van der Waals surface area contributed by atoms with Gasteiger partial charge in [-0.3, -0.25) is 4.79 Å². The van der Waals surface area contributed by atoms with Crippen molar-refractivity contribution in [3.8, 4) is 0 Å². The average Bonchev–Trinajstić information content (AvgIpc) is 2.48. The molecule has 1 aliphatic heterocycles. The smallest absolute Gasteiger partial charge is 0.230 e. The molecule has 2 rings (SSSR count). The summed E-state index contributed by atoms with van der Waals surface area (Å²) in [4.78, 5) is 12.7. The maximum absolute atomic E-state index is 12.7. The molecule has 1 aromatic rings. The maximum Gasteiger partial charge on any atom is 0.230 e. The van der Waals surface area contributed by atoms with E-state index in [1.807, 2.05) is 24.3 Å². The van der Waals surface area contributed by atoms with E-state index in [-0.39, 0.29) is 5.91 Å². The van der Waals surface area contributed by atoms with Crippen LogP contribution in [0.1, 0.15) is 18.4 Å². The number of hydrogen-bond acceptors (Lipinski definition) is 3. The van der Waals surface area contributed by atoms with E-state index < -0.39 is 5.41 Å². The third kappa shape index (κ3) is 3.40. The van der Waals surface area contributed by atoms with Gasteiger partial charge in [0.25, 0.3) is 0 Å². The van der Waals surface area contributed by atoms with Crippen molar-refractivity contribution in [2.45, 2.75) is 18.3 Å². The topological polar surface area (TPSA) is 47.6 Å². The van der Waals surface area contributed by atoms with Gasteiger partial charge < -0.3 is 14.8 Å². The van der Waals surface area contributed by atoms with Crippen molar-refractivity contribution < 1.29 is 14.3 Å². The van der Waals surface area contributed by atoms with E-state index in [0.29, 0.717) is 39.2 Å². The Morgan fingerprint density at radius 3 is 2.85 bits per heavy atom. The first-order valence-electron chi connectivity index (χ1n) is 6.80. The zero-order chi connectivity index (χ0) is 14.4. The average molecular weight is 342 g/mol. The van der Waals surface area contributed by atoms with Crippen LogP contribution in [-0.4, -0.2) is 39.4 Å². The van der Waals surface area contributed by atoms with Crippen LogP contribution in [0.4, 0.5) is 0 Å². The van der Waals surface area contributed by atoms with Gasteiger partial charge in [0.15, 0.2) is 0 Å². The lowest BCUT2D eigenvalue weighted by atomic mass is 9.73. The van der Waals surface area contributed by atoms with Crippen LogP contribution >= 0.6 is 15.9 Å². The zero-order valence-corrected chi connectivity index (χ0v) is 13.2. The number of hydrogen-bond donors (Lipinski definition) is 1. The lowest BCUT2D eigenvalue weighted by molar-refractivity contribution is -0.130. The summed E-state index contributed by atoms with van der Waals surface area (Å²) < 4.78 is 11.4. The minimum atomic E-state index is -0.490. The Morgan fingerprint density at radius 2 is 2.20 bits per heavy atom. The Hall–Kier alpha value is -0.910. The molecule has 1 N–H and O–H groups in total. The second-order valence-electron chi connectivity index (χ2n) is 4.95. The number of benzene rings is 1. The normalized spacial score (nSPS) is 17.7. The molecule has 20 heavy (non-hydrogen) atoms. The van der Waals surface area contributed by atoms with Gasteiger partial charge in [0.1, 0.15) is 0 Å². The van der Waals surface area contributed by atoms with Gasteiger partial charge in [0.05, 0.1) is 12.0 Å². The fourth-order valence-electron chi connectivity index (χ4n) is 2.59. The molecule has 4 nitrogen and oxygen atoms in total. The summed E-state index contributed by atoms with van der Waals surface area (Å²) in [7, 11) is 1.63. The van der Waals surface area contributed by atoms with Crippen LogP contribution in [0, 0.1) is 0 Å². The minimum Gasteiger partial charge on any atom is -0.383 e. The molecule has 1 saturated heterocycles. The highest BCUT2D eigenvalue weighted by molar-refractivity contribution is 9.10. The summed E-state index contributed by atoms with van der Waals surface area (Å²) in [6, 6.07) is 7.99. The molecule has 1 aliphatic rings. The molecule has 1 fully saturated rings. The Bertz CT molecular complexity index is 458. The van der Waals surface area contributed by atoms with Crippen LogP contribution in [0.15, 0.2) is 28.7 Å². The Balaban J connectivity index is 2.23. The summed E-state index contributed by atoms with van der Waals surface area (Å²) in [6.07, 6.45) is 1.42. The number of ether oxygens (including phenoxy) is 2. The molecule has 0 bridgehead atoms. The molecular formula is C15H20BrNO3. The number of rotatable bonds is 5. The van der Waals surface area contributed by atoms with Gasteiger partial charge in [-0.1, -0.05) is 28.1 Å². The van der Waals surface area contributed by atoms with Crippen LogP contribution in [0.2, 0.25) is 0 Å². The first-order valence-corrected chi connectivity index (χ1v) is 7.59. The molecule has 0 aromatic heterocycles. The van der Waals surface area contributed by atoms with E-state index in [4.69, 9.17) is 9.47 Å². The van der Waals surface area contributed by atoms with Crippen molar-refractivity contribution >= 4 is 21.8 Å². The second-order valence-corrected chi connectivity index (χ2v) is 5.87. The summed E-state index contributed by atoms with van der Waals surface area (Å²) in [5.41, 5.74) is 0.556. The number of amides is 1. The van der Waals surface area contributed by atoms with Crippen molar-refractivity contribution in [1.82, 2.24) is 5.32 Å².